The second kappa shape index (κ2) is 11.0. The number of amides is 1. The van der Waals surface area contributed by atoms with Crippen LogP contribution in [0.5, 0.6) is 0 Å². The SMILES string of the molecule is CC(=O)c1c(-c2ccccc2)csc1NC(=O)c1cccc(C2OCCO2)c1.CCC. The summed E-state index contributed by atoms with van der Waals surface area (Å²) in [6, 6.07) is 16.8. The maximum atomic E-state index is 12.8. The van der Waals surface area contributed by atoms with Crippen molar-refractivity contribution in [2.75, 3.05) is 18.5 Å². The van der Waals surface area contributed by atoms with E-state index in [1.54, 1.807) is 18.2 Å². The van der Waals surface area contributed by atoms with Crippen LogP contribution >= 0.6 is 11.3 Å². The average molecular weight is 438 g/mol. The molecule has 1 amide bonds. The number of benzene rings is 2. The van der Waals surface area contributed by atoms with Gasteiger partial charge in [-0.2, -0.15) is 0 Å². The summed E-state index contributed by atoms with van der Waals surface area (Å²) < 4.78 is 11.0. The monoisotopic (exact) mass is 437 g/mol. The molecule has 1 N–H and O–H groups in total. The van der Waals surface area contributed by atoms with Crippen molar-refractivity contribution in [3.8, 4) is 11.1 Å². The summed E-state index contributed by atoms with van der Waals surface area (Å²) in [5.74, 6) is -0.360. The molecule has 2 aromatic carbocycles. The average Bonchev–Trinajstić information content (AvgIpc) is 3.45. The zero-order chi connectivity index (χ0) is 22.2. The highest BCUT2D eigenvalue weighted by Gasteiger charge is 2.21. The Morgan fingerprint density at radius 2 is 1.71 bits per heavy atom. The van der Waals surface area contributed by atoms with Gasteiger partial charge in [0.1, 0.15) is 5.00 Å². The molecule has 1 aliphatic heterocycles. The van der Waals surface area contributed by atoms with Gasteiger partial charge < -0.3 is 14.8 Å². The number of thiophene rings is 1. The lowest BCUT2D eigenvalue weighted by atomic mass is 10.0. The topological polar surface area (TPSA) is 64.6 Å². The number of rotatable bonds is 5. The molecule has 0 spiro atoms. The highest BCUT2D eigenvalue weighted by Crippen LogP contribution is 2.36. The van der Waals surface area contributed by atoms with Crippen LogP contribution in [-0.2, 0) is 9.47 Å². The molecule has 1 aromatic heterocycles. The van der Waals surface area contributed by atoms with Gasteiger partial charge >= 0.3 is 0 Å². The number of anilines is 1. The van der Waals surface area contributed by atoms with Gasteiger partial charge in [0.25, 0.3) is 5.91 Å². The van der Waals surface area contributed by atoms with Crippen molar-refractivity contribution in [1.82, 2.24) is 0 Å². The van der Waals surface area contributed by atoms with Crippen molar-refractivity contribution >= 4 is 28.0 Å². The number of ether oxygens (including phenoxy) is 2. The molecule has 1 saturated heterocycles. The fraction of sp³-hybridized carbons (Fsp3) is 0.280. The fourth-order valence-electron chi connectivity index (χ4n) is 3.18. The van der Waals surface area contributed by atoms with E-state index in [-0.39, 0.29) is 11.7 Å². The summed E-state index contributed by atoms with van der Waals surface area (Å²) in [5, 5.41) is 5.35. The van der Waals surface area contributed by atoms with Crippen molar-refractivity contribution in [3.63, 3.8) is 0 Å². The van der Waals surface area contributed by atoms with Crippen LogP contribution in [0, 0.1) is 0 Å². The lowest BCUT2D eigenvalue weighted by Gasteiger charge is -2.11. The molecule has 6 heteroatoms. The largest absolute Gasteiger partial charge is 0.346 e. The van der Waals surface area contributed by atoms with Crippen molar-refractivity contribution in [3.05, 3.63) is 76.7 Å². The van der Waals surface area contributed by atoms with Gasteiger partial charge in [-0.3, -0.25) is 9.59 Å². The molecule has 1 aliphatic rings. The van der Waals surface area contributed by atoms with Crippen molar-refractivity contribution in [1.29, 1.82) is 0 Å². The normalized spacial score (nSPS) is 13.4. The number of Topliss-reactive ketones (excluding diaryl/α,β-unsaturated/α-hetero) is 1. The Bertz CT molecular complexity index is 1020. The molecule has 4 rings (SSSR count). The third-order valence-electron chi connectivity index (χ3n) is 4.50. The highest BCUT2D eigenvalue weighted by atomic mass is 32.1. The van der Waals surface area contributed by atoms with Crippen LogP contribution < -0.4 is 5.32 Å². The second-order valence-electron chi connectivity index (χ2n) is 7.14. The Kier molecular flexibility index (Phi) is 8.12. The van der Waals surface area contributed by atoms with E-state index in [4.69, 9.17) is 9.47 Å². The van der Waals surface area contributed by atoms with Crippen LogP contribution in [0.1, 0.15) is 59.8 Å². The maximum Gasteiger partial charge on any atom is 0.256 e. The Hall–Kier alpha value is -2.80. The first-order chi connectivity index (χ1) is 15.0. The third kappa shape index (κ3) is 5.67. The molecule has 1 fully saturated rings. The van der Waals surface area contributed by atoms with Gasteiger partial charge in [-0.25, -0.2) is 0 Å². The Morgan fingerprint density at radius 1 is 1.03 bits per heavy atom. The lowest BCUT2D eigenvalue weighted by Crippen LogP contribution is -2.13. The van der Waals surface area contributed by atoms with Crippen LogP contribution in [0.3, 0.4) is 0 Å². The van der Waals surface area contributed by atoms with E-state index < -0.39 is 6.29 Å². The molecule has 162 valence electrons. The van der Waals surface area contributed by atoms with Gasteiger partial charge in [-0.15, -0.1) is 11.3 Å². The number of nitrogens with one attached hydrogen (secondary N) is 1. The highest BCUT2D eigenvalue weighted by molar-refractivity contribution is 7.15. The standard InChI is InChI=1S/C22H19NO4S.C3H8/c1-14(24)19-18(15-6-3-2-4-7-15)13-28-21(19)23-20(25)16-8-5-9-17(12-16)22-26-10-11-27-22;1-3-2/h2-9,12-13,22H,10-11H2,1H3,(H,23,25);3H2,1-2H3. The van der Waals surface area contributed by atoms with Crippen LogP contribution in [0.4, 0.5) is 5.00 Å². The van der Waals surface area contributed by atoms with Gasteiger partial charge in [0.2, 0.25) is 0 Å². The molecule has 3 aromatic rings. The third-order valence-corrected chi connectivity index (χ3v) is 5.39. The summed E-state index contributed by atoms with van der Waals surface area (Å²) in [4.78, 5) is 25.1. The van der Waals surface area contributed by atoms with Crippen LogP contribution in [-0.4, -0.2) is 24.9 Å². The first-order valence-electron chi connectivity index (χ1n) is 10.4. The van der Waals surface area contributed by atoms with Crippen molar-refractivity contribution in [2.24, 2.45) is 0 Å². The number of carbonyl (C=O) groups excluding carboxylic acids is 2. The van der Waals surface area contributed by atoms with E-state index >= 15 is 0 Å². The second-order valence-corrected chi connectivity index (χ2v) is 8.02. The summed E-state index contributed by atoms with van der Waals surface area (Å²) >= 11 is 1.35. The lowest BCUT2D eigenvalue weighted by molar-refractivity contribution is -0.0441. The van der Waals surface area contributed by atoms with Crippen LogP contribution in [0.25, 0.3) is 11.1 Å². The van der Waals surface area contributed by atoms with E-state index in [2.05, 4.69) is 19.2 Å². The molecular weight excluding hydrogens is 410 g/mol. The minimum absolute atomic E-state index is 0.0862. The molecule has 5 nitrogen and oxygen atoms in total. The zero-order valence-electron chi connectivity index (χ0n) is 18.0. The fourth-order valence-corrected chi connectivity index (χ4v) is 4.20. The Balaban J connectivity index is 0.000000858. The molecule has 31 heavy (non-hydrogen) atoms. The smallest absolute Gasteiger partial charge is 0.256 e. The van der Waals surface area contributed by atoms with E-state index in [0.29, 0.717) is 29.3 Å². The van der Waals surface area contributed by atoms with Gasteiger partial charge in [0.15, 0.2) is 12.1 Å². The van der Waals surface area contributed by atoms with Gasteiger partial charge in [-0.05, 0) is 24.6 Å². The van der Waals surface area contributed by atoms with Gasteiger partial charge in [0, 0.05) is 22.1 Å². The Labute approximate surface area is 187 Å². The van der Waals surface area contributed by atoms with E-state index in [1.807, 2.05) is 41.8 Å². The van der Waals surface area contributed by atoms with E-state index in [0.717, 1.165) is 16.7 Å². The summed E-state index contributed by atoms with van der Waals surface area (Å²) in [5.41, 5.74) is 3.59. The molecule has 0 bridgehead atoms. The summed E-state index contributed by atoms with van der Waals surface area (Å²) in [6.45, 7) is 6.85. The molecule has 0 aliphatic carbocycles. The Morgan fingerprint density at radius 3 is 2.35 bits per heavy atom. The quantitative estimate of drug-likeness (QED) is 0.474. The number of hydrogen-bond donors (Lipinski definition) is 1. The molecule has 0 unspecified atom stereocenters. The summed E-state index contributed by atoms with van der Waals surface area (Å²) in [6.07, 6.45) is 0.812. The maximum absolute atomic E-state index is 12.8. The first kappa shape index (κ1) is 22.9. The molecule has 0 radical (unpaired) electrons. The zero-order valence-corrected chi connectivity index (χ0v) is 18.8. The number of ketones is 1. The summed E-state index contributed by atoms with van der Waals surface area (Å²) in [7, 11) is 0. The van der Waals surface area contributed by atoms with E-state index in [1.165, 1.54) is 24.7 Å². The van der Waals surface area contributed by atoms with Crippen molar-refractivity contribution < 1.29 is 19.1 Å². The molecule has 0 atom stereocenters. The molecular formula is C25H27NO4S. The van der Waals surface area contributed by atoms with Crippen LogP contribution in [0.2, 0.25) is 0 Å². The minimum Gasteiger partial charge on any atom is -0.346 e. The van der Waals surface area contributed by atoms with Crippen molar-refractivity contribution in [2.45, 2.75) is 33.5 Å². The predicted octanol–water partition coefficient (Wildman–Crippen LogP) is 6.33. The van der Waals surface area contributed by atoms with Gasteiger partial charge in [-0.1, -0.05) is 62.7 Å². The van der Waals surface area contributed by atoms with Crippen LogP contribution in [0.15, 0.2) is 60.0 Å². The van der Waals surface area contributed by atoms with E-state index in [9.17, 15) is 9.59 Å². The predicted molar refractivity (Wildman–Crippen MR) is 125 cm³/mol. The number of carbonyl (C=O) groups is 2. The number of hydrogen-bond acceptors (Lipinski definition) is 5. The van der Waals surface area contributed by atoms with Gasteiger partial charge in [0.05, 0.1) is 18.8 Å². The molecule has 2 heterocycles. The minimum atomic E-state index is -0.438. The molecule has 0 saturated carbocycles. The first-order valence-corrected chi connectivity index (χ1v) is 11.3.